The second kappa shape index (κ2) is 3.56. The molecule has 0 spiro atoms. The van der Waals surface area contributed by atoms with Crippen LogP contribution in [0.2, 0.25) is 0 Å². The van der Waals surface area contributed by atoms with E-state index in [1.807, 2.05) is 0 Å². The van der Waals surface area contributed by atoms with Crippen LogP contribution in [0.15, 0.2) is 11.6 Å². The van der Waals surface area contributed by atoms with E-state index in [4.69, 9.17) is 0 Å². The normalized spacial score (nSPS) is 24.2. The van der Waals surface area contributed by atoms with Crippen LogP contribution >= 0.6 is 0 Å². The van der Waals surface area contributed by atoms with E-state index in [9.17, 15) is 4.79 Å². The van der Waals surface area contributed by atoms with Crippen LogP contribution in [0.5, 0.6) is 0 Å². The van der Waals surface area contributed by atoms with E-state index in [-0.39, 0.29) is 11.9 Å². The van der Waals surface area contributed by atoms with E-state index in [0.717, 1.165) is 19.3 Å². The Morgan fingerprint density at radius 2 is 2.45 bits per heavy atom. The zero-order valence-corrected chi connectivity index (χ0v) is 7.09. The third-order valence-corrected chi connectivity index (χ3v) is 2.17. The van der Waals surface area contributed by atoms with Gasteiger partial charge in [-0.25, -0.2) is 0 Å². The van der Waals surface area contributed by atoms with E-state index >= 15 is 0 Å². The molecule has 1 aliphatic rings. The van der Waals surface area contributed by atoms with Crippen molar-refractivity contribution in [1.29, 1.82) is 0 Å². The molecule has 0 saturated carbocycles. The predicted molar refractivity (Wildman–Crippen MR) is 43.1 cm³/mol. The largest absolute Gasteiger partial charge is 0.469 e. The summed E-state index contributed by atoms with van der Waals surface area (Å²) in [4.78, 5) is 11.0. The van der Waals surface area contributed by atoms with Crippen molar-refractivity contribution in [3.05, 3.63) is 11.6 Å². The van der Waals surface area contributed by atoms with E-state index in [1.54, 1.807) is 0 Å². The molecule has 0 fully saturated rings. The lowest BCUT2D eigenvalue weighted by molar-refractivity contribution is -0.145. The van der Waals surface area contributed by atoms with Crippen molar-refractivity contribution in [2.45, 2.75) is 26.2 Å². The second-order valence-corrected chi connectivity index (χ2v) is 3.04. The lowest BCUT2D eigenvalue weighted by Gasteiger charge is -2.17. The molecule has 0 aromatic carbocycles. The highest BCUT2D eigenvalue weighted by molar-refractivity contribution is 5.72. The summed E-state index contributed by atoms with van der Waals surface area (Å²) in [5, 5.41) is 0. The van der Waals surface area contributed by atoms with E-state index in [0.29, 0.717) is 0 Å². The summed E-state index contributed by atoms with van der Waals surface area (Å²) in [6.45, 7) is 2.10. The molecule has 62 valence electrons. The van der Waals surface area contributed by atoms with Crippen molar-refractivity contribution in [2.24, 2.45) is 5.92 Å². The van der Waals surface area contributed by atoms with Crippen molar-refractivity contribution in [1.82, 2.24) is 0 Å². The van der Waals surface area contributed by atoms with Gasteiger partial charge in [0.1, 0.15) is 0 Å². The van der Waals surface area contributed by atoms with E-state index in [1.165, 1.54) is 12.7 Å². The zero-order valence-electron chi connectivity index (χ0n) is 7.09. The van der Waals surface area contributed by atoms with Gasteiger partial charge in [-0.1, -0.05) is 11.6 Å². The van der Waals surface area contributed by atoms with Gasteiger partial charge < -0.3 is 4.74 Å². The van der Waals surface area contributed by atoms with Crippen LogP contribution < -0.4 is 0 Å². The topological polar surface area (TPSA) is 26.3 Å². The minimum absolute atomic E-state index is 0.0613. The summed E-state index contributed by atoms with van der Waals surface area (Å²) in [6.07, 6.45) is 4.98. The summed E-state index contributed by atoms with van der Waals surface area (Å²) in [5.74, 6) is 0.0532. The smallest absolute Gasteiger partial charge is 0.308 e. The van der Waals surface area contributed by atoms with Gasteiger partial charge in [0.15, 0.2) is 0 Å². The monoisotopic (exact) mass is 154 g/mol. The van der Waals surface area contributed by atoms with E-state index in [2.05, 4.69) is 17.7 Å². The van der Waals surface area contributed by atoms with Crippen LogP contribution in [0.25, 0.3) is 0 Å². The molecule has 0 N–H and O–H groups in total. The number of hydrogen-bond donors (Lipinski definition) is 0. The van der Waals surface area contributed by atoms with Crippen LogP contribution in [-0.2, 0) is 9.53 Å². The van der Waals surface area contributed by atoms with Crippen LogP contribution in [0.4, 0.5) is 0 Å². The quantitative estimate of drug-likeness (QED) is 0.426. The molecular weight excluding hydrogens is 140 g/mol. The molecular formula is C9H14O2. The Labute approximate surface area is 67.2 Å². The minimum atomic E-state index is -0.0613. The number of esters is 1. The molecule has 0 aromatic heterocycles. The van der Waals surface area contributed by atoms with Gasteiger partial charge in [-0.3, -0.25) is 4.79 Å². The summed E-state index contributed by atoms with van der Waals surface area (Å²) in [6, 6.07) is 0. The van der Waals surface area contributed by atoms with Crippen molar-refractivity contribution >= 4 is 5.97 Å². The summed E-state index contributed by atoms with van der Waals surface area (Å²) in [7, 11) is 1.45. The fourth-order valence-electron chi connectivity index (χ4n) is 1.35. The Kier molecular flexibility index (Phi) is 2.69. The number of allylic oxidation sites excluding steroid dienone is 2. The minimum Gasteiger partial charge on any atom is -0.469 e. The zero-order chi connectivity index (χ0) is 8.27. The van der Waals surface area contributed by atoms with Crippen LogP contribution in [0.3, 0.4) is 0 Å². The highest BCUT2D eigenvalue weighted by Crippen LogP contribution is 2.23. The Hall–Kier alpha value is -0.790. The molecule has 0 heterocycles. The fourth-order valence-corrected chi connectivity index (χ4v) is 1.35. The van der Waals surface area contributed by atoms with Crippen molar-refractivity contribution < 1.29 is 9.53 Å². The fraction of sp³-hybridized carbons (Fsp3) is 0.667. The SMILES string of the molecule is COC(=O)[C@H]1CC=C(C)CC1. The second-order valence-electron chi connectivity index (χ2n) is 3.04. The third-order valence-electron chi connectivity index (χ3n) is 2.17. The molecule has 2 nitrogen and oxygen atoms in total. The molecule has 0 aliphatic heterocycles. The molecule has 0 bridgehead atoms. The first-order valence-electron chi connectivity index (χ1n) is 3.97. The first kappa shape index (κ1) is 8.31. The predicted octanol–water partition coefficient (Wildman–Crippen LogP) is 1.91. The number of rotatable bonds is 1. The number of hydrogen-bond acceptors (Lipinski definition) is 2. The first-order valence-corrected chi connectivity index (χ1v) is 3.97. The van der Waals surface area contributed by atoms with Gasteiger partial charge in [0, 0.05) is 0 Å². The summed E-state index contributed by atoms with van der Waals surface area (Å²) < 4.78 is 4.66. The molecule has 1 aliphatic carbocycles. The Bertz CT molecular complexity index is 182. The van der Waals surface area contributed by atoms with E-state index < -0.39 is 0 Å². The third kappa shape index (κ3) is 2.07. The molecule has 2 heteroatoms. The molecule has 1 atom stereocenters. The molecule has 0 unspecified atom stereocenters. The highest BCUT2D eigenvalue weighted by atomic mass is 16.5. The Morgan fingerprint density at radius 1 is 1.73 bits per heavy atom. The number of carbonyl (C=O) groups excluding carboxylic acids is 1. The van der Waals surface area contributed by atoms with Crippen molar-refractivity contribution in [2.75, 3.05) is 7.11 Å². The average molecular weight is 154 g/mol. The van der Waals surface area contributed by atoms with Crippen molar-refractivity contribution in [3.8, 4) is 0 Å². The Balaban J connectivity index is 2.47. The molecule has 0 saturated heterocycles. The van der Waals surface area contributed by atoms with Gasteiger partial charge in [0.25, 0.3) is 0 Å². The van der Waals surface area contributed by atoms with Gasteiger partial charge in [-0.2, -0.15) is 0 Å². The van der Waals surface area contributed by atoms with Gasteiger partial charge in [-0.05, 0) is 26.2 Å². The number of carbonyl (C=O) groups is 1. The maximum Gasteiger partial charge on any atom is 0.308 e. The number of ether oxygens (including phenoxy) is 1. The highest BCUT2D eigenvalue weighted by Gasteiger charge is 2.20. The van der Waals surface area contributed by atoms with Crippen LogP contribution in [0, 0.1) is 5.92 Å². The van der Waals surface area contributed by atoms with Gasteiger partial charge in [-0.15, -0.1) is 0 Å². The molecule has 0 aromatic rings. The lowest BCUT2D eigenvalue weighted by atomic mass is 9.90. The van der Waals surface area contributed by atoms with Crippen LogP contribution in [-0.4, -0.2) is 13.1 Å². The summed E-state index contributed by atoms with van der Waals surface area (Å²) in [5.41, 5.74) is 1.39. The molecule has 1 rings (SSSR count). The standard InChI is InChI=1S/C9H14O2/c1-7-3-5-8(6-4-7)9(10)11-2/h3,8H,4-6H2,1-2H3/t8-/m0/s1. The van der Waals surface area contributed by atoms with Crippen LogP contribution in [0.1, 0.15) is 26.2 Å². The Morgan fingerprint density at radius 3 is 2.91 bits per heavy atom. The van der Waals surface area contributed by atoms with Gasteiger partial charge in [0.2, 0.25) is 0 Å². The maximum absolute atomic E-state index is 11.0. The lowest BCUT2D eigenvalue weighted by Crippen LogP contribution is -2.17. The summed E-state index contributed by atoms with van der Waals surface area (Å²) >= 11 is 0. The maximum atomic E-state index is 11.0. The first-order chi connectivity index (χ1) is 5.24. The molecule has 0 radical (unpaired) electrons. The van der Waals surface area contributed by atoms with Gasteiger partial charge in [0.05, 0.1) is 13.0 Å². The average Bonchev–Trinajstić information content (AvgIpc) is 2.05. The number of methoxy groups -OCH3 is 1. The molecule has 11 heavy (non-hydrogen) atoms. The molecule has 0 amide bonds. The van der Waals surface area contributed by atoms with Crippen molar-refractivity contribution in [3.63, 3.8) is 0 Å². The van der Waals surface area contributed by atoms with Gasteiger partial charge >= 0.3 is 5.97 Å².